The Morgan fingerprint density at radius 2 is 2.31 bits per heavy atom. The van der Waals surface area contributed by atoms with Gasteiger partial charge in [-0.15, -0.1) is 5.26 Å². The van der Waals surface area contributed by atoms with E-state index in [0.29, 0.717) is 0 Å². The second kappa shape index (κ2) is 3.74. The normalized spacial score (nSPS) is 8.92. The molecule has 1 rings (SSSR count). The van der Waals surface area contributed by atoms with Crippen molar-refractivity contribution in [2.24, 2.45) is 0 Å². The largest absolute Gasteiger partial charge is 0.388 e. The smallest absolute Gasteiger partial charge is 0.292 e. The van der Waals surface area contributed by atoms with Crippen molar-refractivity contribution in [1.82, 2.24) is 0 Å². The van der Waals surface area contributed by atoms with Crippen LogP contribution in [0.2, 0.25) is 5.02 Å². The Hall–Kier alpha value is -1.80. The van der Waals surface area contributed by atoms with E-state index >= 15 is 0 Å². The summed E-state index contributed by atoms with van der Waals surface area (Å²) in [6, 6.07) is 3.76. The van der Waals surface area contributed by atoms with Crippen LogP contribution in [0.5, 0.6) is 5.75 Å². The molecule has 0 radical (unpaired) electrons. The Morgan fingerprint density at radius 3 is 2.85 bits per heavy atom. The van der Waals surface area contributed by atoms with Crippen molar-refractivity contribution < 1.29 is 9.66 Å². The van der Waals surface area contributed by atoms with Gasteiger partial charge in [-0.2, -0.15) is 0 Å². The minimum atomic E-state index is -0.646. The molecule has 0 unspecified atom stereocenters. The van der Waals surface area contributed by atoms with E-state index < -0.39 is 4.92 Å². The summed E-state index contributed by atoms with van der Waals surface area (Å²) in [5.41, 5.74) is -0.283. The molecule has 66 valence electrons. The zero-order valence-corrected chi connectivity index (χ0v) is 6.99. The average Bonchev–Trinajstić information content (AvgIpc) is 2.08. The first-order valence-electron chi connectivity index (χ1n) is 3.15. The molecule has 0 saturated carbocycles. The van der Waals surface area contributed by atoms with Gasteiger partial charge in [0, 0.05) is 0 Å². The SMILES string of the molecule is N#COc1ccc(Cl)c([N+](=O)[O-])c1. The lowest BCUT2D eigenvalue weighted by Gasteiger charge is -1.97. The molecule has 0 N–H and O–H groups in total. The summed E-state index contributed by atoms with van der Waals surface area (Å²) >= 11 is 5.51. The van der Waals surface area contributed by atoms with Crippen LogP contribution in [0.3, 0.4) is 0 Å². The van der Waals surface area contributed by atoms with Crippen molar-refractivity contribution in [3.8, 4) is 12.0 Å². The number of ether oxygens (including phenoxy) is 1. The number of rotatable bonds is 2. The number of nitriles is 1. The Morgan fingerprint density at radius 1 is 1.62 bits per heavy atom. The third-order valence-corrected chi connectivity index (χ3v) is 1.60. The van der Waals surface area contributed by atoms with Crippen molar-refractivity contribution in [1.29, 1.82) is 5.26 Å². The summed E-state index contributed by atoms with van der Waals surface area (Å²) in [5, 5.41) is 18.5. The van der Waals surface area contributed by atoms with Crippen LogP contribution >= 0.6 is 11.6 Å². The van der Waals surface area contributed by atoms with Gasteiger partial charge in [-0.1, -0.05) is 11.6 Å². The standard InChI is InChI=1S/C7H3ClN2O3/c8-6-2-1-5(13-4-9)3-7(6)10(11)12/h1-3H. The van der Waals surface area contributed by atoms with Gasteiger partial charge in [-0.05, 0) is 12.1 Å². The lowest BCUT2D eigenvalue weighted by atomic mass is 10.3. The quantitative estimate of drug-likeness (QED) is 0.414. The summed E-state index contributed by atoms with van der Waals surface area (Å²) in [7, 11) is 0. The van der Waals surface area contributed by atoms with Crippen molar-refractivity contribution in [3.63, 3.8) is 0 Å². The van der Waals surface area contributed by atoms with E-state index in [0.717, 1.165) is 6.07 Å². The molecule has 1 aromatic carbocycles. The molecule has 6 heteroatoms. The number of hydrogen-bond acceptors (Lipinski definition) is 4. The zero-order valence-electron chi connectivity index (χ0n) is 6.23. The highest BCUT2D eigenvalue weighted by Gasteiger charge is 2.13. The summed E-state index contributed by atoms with van der Waals surface area (Å²) in [4.78, 5) is 9.71. The third-order valence-electron chi connectivity index (χ3n) is 1.28. The number of halogens is 1. The predicted octanol–water partition coefficient (Wildman–Crippen LogP) is 2.11. The molecule has 13 heavy (non-hydrogen) atoms. The lowest BCUT2D eigenvalue weighted by Crippen LogP contribution is -1.90. The van der Waals surface area contributed by atoms with Crippen LogP contribution in [0.1, 0.15) is 0 Å². The van der Waals surface area contributed by atoms with Gasteiger partial charge in [0.05, 0.1) is 11.0 Å². The molecular formula is C7H3ClN2O3. The van der Waals surface area contributed by atoms with E-state index in [4.69, 9.17) is 16.9 Å². The van der Waals surface area contributed by atoms with Gasteiger partial charge in [0.25, 0.3) is 11.9 Å². The van der Waals surface area contributed by atoms with Crippen molar-refractivity contribution >= 4 is 17.3 Å². The van der Waals surface area contributed by atoms with E-state index in [2.05, 4.69) is 4.74 Å². The zero-order chi connectivity index (χ0) is 9.84. The second-order valence-corrected chi connectivity index (χ2v) is 2.47. The number of benzene rings is 1. The topological polar surface area (TPSA) is 76.2 Å². The first-order chi connectivity index (χ1) is 6.15. The first-order valence-corrected chi connectivity index (χ1v) is 3.53. The van der Waals surface area contributed by atoms with Crippen molar-refractivity contribution in [2.75, 3.05) is 0 Å². The van der Waals surface area contributed by atoms with E-state index in [-0.39, 0.29) is 16.5 Å². The molecule has 0 saturated heterocycles. The minimum absolute atomic E-state index is 0.00953. The molecular weight excluding hydrogens is 196 g/mol. The Labute approximate surface area is 78.3 Å². The summed E-state index contributed by atoms with van der Waals surface area (Å²) < 4.78 is 4.39. The number of hydrogen-bond donors (Lipinski definition) is 0. The summed E-state index contributed by atoms with van der Waals surface area (Å²) in [5.74, 6) is 0.0959. The molecule has 0 heterocycles. The Kier molecular flexibility index (Phi) is 2.67. The molecule has 0 aliphatic heterocycles. The molecule has 0 aliphatic carbocycles. The van der Waals surface area contributed by atoms with Gasteiger partial charge in [0.1, 0.15) is 10.8 Å². The highest BCUT2D eigenvalue weighted by atomic mass is 35.5. The fraction of sp³-hybridized carbons (Fsp3) is 0. The maximum atomic E-state index is 10.4. The maximum Gasteiger partial charge on any atom is 0.292 e. The Bertz CT molecular complexity index is 386. The van der Waals surface area contributed by atoms with Gasteiger partial charge in [0.2, 0.25) is 0 Å². The highest BCUT2D eigenvalue weighted by molar-refractivity contribution is 6.32. The van der Waals surface area contributed by atoms with Crippen LogP contribution in [0, 0.1) is 21.6 Å². The molecule has 0 aromatic heterocycles. The molecule has 0 amide bonds. The molecule has 0 bridgehead atoms. The van der Waals surface area contributed by atoms with Gasteiger partial charge in [-0.3, -0.25) is 10.1 Å². The van der Waals surface area contributed by atoms with Gasteiger partial charge in [0.15, 0.2) is 0 Å². The molecule has 0 atom stereocenters. The summed E-state index contributed by atoms with van der Waals surface area (Å²) in [6.45, 7) is 0. The highest BCUT2D eigenvalue weighted by Crippen LogP contribution is 2.28. The molecule has 0 spiro atoms. The van der Waals surface area contributed by atoms with Crippen LogP contribution < -0.4 is 4.74 Å². The summed E-state index contributed by atoms with van der Waals surface area (Å²) in [6.07, 6.45) is 1.40. The second-order valence-electron chi connectivity index (χ2n) is 2.06. The lowest BCUT2D eigenvalue weighted by molar-refractivity contribution is -0.384. The monoisotopic (exact) mass is 198 g/mol. The minimum Gasteiger partial charge on any atom is -0.388 e. The van der Waals surface area contributed by atoms with Crippen LogP contribution in [0.15, 0.2) is 18.2 Å². The maximum absolute atomic E-state index is 10.4. The number of nitrogens with zero attached hydrogens (tertiary/aromatic N) is 2. The average molecular weight is 199 g/mol. The molecule has 0 aliphatic rings. The molecule has 1 aromatic rings. The molecule has 0 fully saturated rings. The first kappa shape index (κ1) is 9.29. The fourth-order valence-electron chi connectivity index (χ4n) is 0.749. The van der Waals surface area contributed by atoms with E-state index in [1.165, 1.54) is 18.4 Å². The van der Waals surface area contributed by atoms with Crippen LogP contribution in [0.25, 0.3) is 0 Å². The number of nitro benzene ring substituents is 1. The van der Waals surface area contributed by atoms with Gasteiger partial charge >= 0.3 is 0 Å². The van der Waals surface area contributed by atoms with Crippen molar-refractivity contribution in [3.05, 3.63) is 33.3 Å². The van der Waals surface area contributed by atoms with Gasteiger partial charge < -0.3 is 4.74 Å². The van der Waals surface area contributed by atoms with Gasteiger partial charge in [-0.25, -0.2) is 0 Å². The Balaban J connectivity index is 3.13. The fourth-order valence-corrected chi connectivity index (χ4v) is 0.935. The molecule has 5 nitrogen and oxygen atoms in total. The van der Waals surface area contributed by atoms with Crippen LogP contribution in [0.4, 0.5) is 5.69 Å². The van der Waals surface area contributed by atoms with E-state index in [1.807, 2.05) is 0 Å². The predicted molar refractivity (Wildman–Crippen MR) is 44.3 cm³/mol. The van der Waals surface area contributed by atoms with E-state index in [1.54, 1.807) is 0 Å². The third kappa shape index (κ3) is 2.07. The van der Waals surface area contributed by atoms with E-state index in [9.17, 15) is 10.1 Å². The number of nitro groups is 1. The van der Waals surface area contributed by atoms with Crippen LogP contribution in [-0.4, -0.2) is 4.92 Å². The van der Waals surface area contributed by atoms with Crippen molar-refractivity contribution in [2.45, 2.75) is 0 Å². The van der Waals surface area contributed by atoms with Crippen LogP contribution in [-0.2, 0) is 0 Å².